The second-order valence-electron chi connectivity index (χ2n) is 10.2. The number of rotatable bonds is 3. The van der Waals surface area contributed by atoms with Crippen LogP contribution in [-0.4, -0.2) is 30.8 Å². The molecule has 0 unspecified atom stereocenters. The summed E-state index contributed by atoms with van der Waals surface area (Å²) < 4.78 is 17.6. The third-order valence-corrected chi connectivity index (χ3v) is 9.30. The number of carbonyl (C=O) groups excluding carboxylic acids is 2. The van der Waals surface area contributed by atoms with Crippen LogP contribution >= 0.6 is 0 Å². The van der Waals surface area contributed by atoms with Gasteiger partial charge < -0.3 is 14.2 Å². The molecule has 30 heavy (non-hydrogen) atoms. The van der Waals surface area contributed by atoms with Gasteiger partial charge >= 0.3 is 11.9 Å². The Hall–Kier alpha value is -2.04. The van der Waals surface area contributed by atoms with E-state index in [2.05, 4.69) is 19.1 Å². The van der Waals surface area contributed by atoms with Crippen molar-refractivity contribution < 1.29 is 23.8 Å². The van der Waals surface area contributed by atoms with Crippen molar-refractivity contribution in [3.8, 4) is 5.75 Å². The van der Waals surface area contributed by atoms with Crippen LogP contribution in [0.25, 0.3) is 0 Å². The van der Waals surface area contributed by atoms with Crippen LogP contribution in [-0.2, 0) is 25.5 Å². The highest BCUT2D eigenvalue weighted by molar-refractivity contribution is 5.67. The Morgan fingerprint density at radius 3 is 2.43 bits per heavy atom. The number of benzene rings is 1. The molecule has 1 aromatic carbocycles. The third kappa shape index (κ3) is 2.41. The molecule has 162 valence electrons. The number of hydrogen-bond donors (Lipinski definition) is 0. The molecule has 5 rings (SSSR count). The Balaban J connectivity index is 1.62. The molecule has 0 spiro atoms. The predicted octanol–water partition coefficient (Wildman–Crippen LogP) is 4.56. The van der Waals surface area contributed by atoms with Crippen LogP contribution in [0.2, 0.25) is 0 Å². The Kier molecular flexibility index (Phi) is 4.30. The fraction of sp³-hybridized carbons (Fsp3) is 0.680. The summed E-state index contributed by atoms with van der Waals surface area (Å²) in [5.41, 5.74) is 2.20. The first-order valence-electron chi connectivity index (χ1n) is 11.3. The summed E-state index contributed by atoms with van der Waals surface area (Å²) in [5, 5.41) is 0. The van der Waals surface area contributed by atoms with Crippen molar-refractivity contribution in [3.63, 3.8) is 0 Å². The molecule has 0 amide bonds. The van der Waals surface area contributed by atoms with E-state index < -0.39 is 5.60 Å². The van der Waals surface area contributed by atoms with Crippen molar-refractivity contribution in [2.24, 2.45) is 16.7 Å². The van der Waals surface area contributed by atoms with Crippen LogP contribution in [0.15, 0.2) is 18.2 Å². The molecule has 0 radical (unpaired) electrons. The summed E-state index contributed by atoms with van der Waals surface area (Å²) in [5.74, 6) is 1.09. The molecule has 5 nitrogen and oxygen atoms in total. The van der Waals surface area contributed by atoms with Crippen molar-refractivity contribution in [2.75, 3.05) is 7.11 Å². The van der Waals surface area contributed by atoms with Gasteiger partial charge in [0.1, 0.15) is 17.5 Å². The second kappa shape index (κ2) is 6.48. The van der Waals surface area contributed by atoms with Gasteiger partial charge in [-0.25, -0.2) is 0 Å². The Bertz CT molecular complexity index is 897. The van der Waals surface area contributed by atoms with E-state index in [0.717, 1.165) is 50.7 Å². The summed E-state index contributed by atoms with van der Waals surface area (Å²) in [6, 6.07) is 6.36. The van der Waals surface area contributed by atoms with Crippen LogP contribution in [0.1, 0.15) is 76.3 Å². The lowest BCUT2D eigenvalue weighted by atomic mass is 9.47. The van der Waals surface area contributed by atoms with Gasteiger partial charge in [0, 0.05) is 25.2 Å². The van der Waals surface area contributed by atoms with E-state index in [1.165, 1.54) is 25.0 Å². The van der Waals surface area contributed by atoms with Gasteiger partial charge in [-0.05, 0) is 79.5 Å². The standard InChI is InChI=1S/C25H32O5/c1-15(26)29-21-14-23(3)24(9-11-25(23,12-10-24)30-16(2)27)20-8-5-17-13-18(28-4)6-7-19(17)22(20)21/h6-7,13,20-22H,5,8-12,14H2,1-4H3/t20-,21-,22+,23+,24?,25?/m1/s1. The zero-order chi connectivity index (χ0) is 21.3. The molecule has 3 saturated carbocycles. The van der Waals surface area contributed by atoms with Gasteiger partial charge in [0.15, 0.2) is 0 Å². The van der Waals surface area contributed by atoms with Gasteiger partial charge in [0.25, 0.3) is 0 Å². The van der Waals surface area contributed by atoms with E-state index in [1.807, 2.05) is 6.07 Å². The minimum Gasteiger partial charge on any atom is -0.497 e. The van der Waals surface area contributed by atoms with E-state index >= 15 is 0 Å². The molecule has 1 aromatic rings. The lowest BCUT2D eigenvalue weighted by Crippen LogP contribution is -2.57. The fourth-order valence-corrected chi connectivity index (χ4v) is 8.21. The Morgan fingerprint density at radius 2 is 1.80 bits per heavy atom. The number of carbonyl (C=O) groups is 2. The smallest absolute Gasteiger partial charge is 0.303 e. The normalized spacial score (nSPS) is 40.7. The largest absolute Gasteiger partial charge is 0.497 e. The molecule has 0 aromatic heterocycles. The van der Waals surface area contributed by atoms with Gasteiger partial charge in [-0.15, -0.1) is 0 Å². The first kappa shape index (κ1) is 19.9. The number of fused-ring (bicyclic) bond motifs is 3. The Labute approximate surface area is 178 Å². The minimum atomic E-state index is -0.414. The van der Waals surface area contributed by atoms with E-state index in [1.54, 1.807) is 7.11 Å². The summed E-state index contributed by atoms with van der Waals surface area (Å²) >= 11 is 0. The molecule has 0 heterocycles. The van der Waals surface area contributed by atoms with E-state index in [4.69, 9.17) is 14.2 Å². The maximum Gasteiger partial charge on any atom is 0.303 e. The first-order valence-corrected chi connectivity index (χ1v) is 11.3. The lowest BCUT2D eigenvalue weighted by Gasteiger charge is -2.59. The molecule has 0 aliphatic heterocycles. The van der Waals surface area contributed by atoms with Crippen LogP contribution in [0.4, 0.5) is 0 Å². The Morgan fingerprint density at radius 1 is 1.07 bits per heavy atom. The van der Waals surface area contributed by atoms with Gasteiger partial charge in [-0.3, -0.25) is 9.59 Å². The highest BCUT2D eigenvalue weighted by atomic mass is 16.6. The monoisotopic (exact) mass is 412 g/mol. The van der Waals surface area contributed by atoms with Crippen LogP contribution in [0, 0.1) is 16.7 Å². The average Bonchev–Trinajstić information content (AvgIpc) is 3.08. The molecule has 0 saturated heterocycles. The predicted molar refractivity (Wildman–Crippen MR) is 111 cm³/mol. The van der Waals surface area contributed by atoms with Crippen molar-refractivity contribution in [1.29, 1.82) is 0 Å². The van der Waals surface area contributed by atoms with Crippen LogP contribution in [0.5, 0.6) is 5.75 Å². The average molecular weight is 413 g/mol. The molecule has 5 heteroatoms. The summed E-state index contributed by atoms with van der Waals surface area (Å²) in [6.45, 7) is 5.34. The summed E-state index contributed by atoms with van der Waals surface area (Å²) in [7, 11) is 1.70. The SMILES string of the molecule is COc1ccc2c(c1)CC[C@@H]1[C@H]2[C@H](OC(C)=O)C[C@]2(C)C3(OC(C)=O)CCC12CC3. The van der Waals surface area contributed by atoms with Crippen molar-refractivity contribution in [3.05, 3.63) is 29.3 Å². The van der Waals surface area contributed by atoms with Gasteiger partial charge in [0.05, 0.1) is 7.11 Å². The zero-order valence-electron chi connectivity index (χ0n) is 18.5. The van der Waals surface area contributed by atoms with Gasteiger partial charge in [-0.2, -0.15) is 0 Å². The van der Waals surface area contributed by atoms with Crippen molar-refractivity contribution in [1.82, 2.24) is 0 Å². The number of esters is 2. The number of methoxy groups -OCH3 is 1. The maximum absolute atomic E-state index is 12.1. The molecule has 0 N–H and O–H groups in total. The molecular formula is C25H32O5. The molecule has 4 aliphatic rings. The molecule has 4 atom stereocenters. The topological polar surface area (TPSA) is 61.8 Å². The third-order valence-electron chi connectivity index (χ3n) is 9.30. The first-order chi connectivity index (χ1) is 14.3. The quantitative estimate of drug-likeness (QED) is 0.681. The second-order valence-corrected chi connectivity index (χ2v) is 10.2. The van der Waals surface area contributed by atoms with E-state index in [0.29, 0.717) is 5.92 Å². The maximum atomic E-state index is 12.1. The summed E-state index contributed by atoms with van der Waals surface area (Å²) in [4.78, 5) is 24.1. The van der Waals surface area contributed by atoms with Gasteiger partial charge in [0.2, 0.25) is 0 Å². The number of hydrogen-bond acceptors (Lipinski definition) is 5. The molecule has 3 fully saturated rings. The number of aryl methyl sites for hydroxylation is 1. The van der Waals surface area contributed by atoms with Crippen LogP contribution in [0.3, 0.4) is 0 Å². The van der Waals surface area contributed by atoms with Gasteiger partial charge in [-0.1, -0.05) is 13.0 Å². The van der Waals surface area contributed by atoms with E-state index in [-0.39, 0.29) is 34.8 Å². The lowest BCUT2D eigenvalue weighted by molar-refractivity contribution is -0.189. The fourth-order valence-electron chi connectivity index (χ4n) is 8.21. The van der Waals surface area contributed by atoms with Crippen LogP contribution < -0.4 is 4.74 Å². The molecule has 2 bridgehead atoms. The highest BCUT2D eigenvalue weighted by Gasteiger charge is 2.77. The number of ether oxygens (including phenoxy) is 3. The molecule has 4 aliphatic carbocycles. The molecular weight excluding hydrogens is 380 g/mol. The highest BCUT2D eigenvalue weighted by Crippen LogP contribution is 2.78. The van der Waals surface area contributed by atoms with Crippen molar-refractivity contribution in [2.45, 2.75) is 83.3 Å². The van der Waals surface area contributed by atoms with E-state index in [9.17, 15) is 9.59 Å². The minimum absolute atomic E-state index is 0.140. The summed E-state index contributed by atoms with van der Waals surface area (Å²) in [6.07, 6.45) is 6.69. The zero-order valence-corrected chi connectivity index (χ0v) is 18.5. The van der Waals surface area contributed by atoms with Crippen molar-refractivity contribution >= 4 is 11.9 Å².